The van der Waals surface area contributed by atoms with Gasteiger partial charge in [-0.3, -0.25) is 4.57 Å². The van der Waals surface area contributed by atoms with Crippen molar-refractivity contribution in [2.24, 2.45) is 4.99 Å². The zero-order chi connectivity index (χ0) is 16.6. The van der Waals surface area contributed by atoms with Crippen LogP contribution in [-0.4, -0.2) is 14.6 Å². The van der Waals surface area contributed by atoms with Gasteiger partial charge in [-0.15, -0.1) is 0 Å². The van der Waals surface area contributed by atoms with Crippen molar-refractivity contribution in [1.82, 2.24) is 9.55 Å². The molecule has 0 radical (unpaired) electrons. The van der Waals surface area contributed by atoms with Crippen LogP contribution < -0.4 is 0 Å². The second kappa shape index (κ2) is 5.90. The average Bonchev–Trinajstić information content (AvgIpc) is 3.22. The number of aliphatic imine (C=N–C) groups is 1. The maximum absolute atomic E-state index is 4.86. The lowest BCUT2D eigenvalue weighted by Gasteiger charge is -2.08. The van der Waals surface area contributed by atoms with Crippen LogP contribution in [0, 0.1) is 0 Å². The number of aromatic nitrogens is 2. The maximum Gasteiger partial charge on any atom is 0.179 e. The first-order valence-electron chi connectivity index (χ1n) is 8.25. The van der Waals surface area contributed by atoms with Gasteiger partial charge in [0, 0.05) is 12.1 Å². The van der Waals surface area contributed by atoms with Gasteiger partial charge in [0.2, 0.25) is 0 Å². The Hall–Kier alpha value is -2.85. The predicted octanol–water partition coefficient (Wildman–Crippen LogP) is 5.40. The summed E-state index contributed by atoms with van der Waals surface area (Å²) in [6.45, 7) is 0. The van der Waals surface area contributed by atoms with E-state index in [1.165, 1.54) is 5.56 Å². The molecule has 0 saturated heterocycles. The highest BCUT2D eigenvalue weighted by Gasteiger charge is 2.19. The van der Waals surface area contributed by atoms with E-state index >= 15 is 0 Å². The minimum absolute atomic E-state index is 0.874. The summed E-state index contributed by atoms with van der Waals surface area (Å²) in [6.07, 6.45) is 0.874. The van der Waals surface area contributed by atoms with Crippen LogP contribution in [0.4, 0.5) is 5.69 Å². The number of benzene rings is 3. The van der Waals surface area contributed by atoms with Crippen LogP contribution in [0.1, 0.15) is 5.56 Å². The van der Waals surface area contributed by atoms with Gasteiger partial charge in [0.15, 0.2) is 5.16 Å². The molecule has 0 bridgehead atoms. The highest BCUT2D eigenvalue weighted by Crippen LogP contribution is 2.35. The molecule has 5 rings (SSSR count). The molecule has 0 fully saturated rings. The summed E-state index contributed by atoms with van der Waals surface area (Å²) in [4.78, 5) is 9.64. The minimum Gasteiger partial charge on any atom is -0.287 e. The second-order valence-corrected chi connectivity index (χ2v) is 7.01. The third-order valence-corrected chi connectivity index (χ3v) is 5.26. The number of para-hydroxylation sites is 4. The van der Waals surface area contributed by atoms with Gasteiger partial charge in [-0.25, -0.2) is 9.98 Å². The summed E-state index contributed by atoms with van der Waals surface area (Å²) < 4.78 is 2.21. The van der Waals surface area contributed by atoms with Crippen molar-refractivity contribution in [2.45, 2.75) is 11.6 Å². The number of rotatable bonds is 2. The number of fused-ring (bicyclic) bond motifs is 2. The van der Waals surface area contributed by atoms with Gasteiger partial charge in [0.1, 0.15) is 0 Å². The summed E-state index contributed by atoms with van der Waals surface area (Å²) in [7, 11) is 0. The fourth-order valence-corrected chi connectivity index (χ4v) is 4.19. The normalized spacial score (nSPS) is 13.0. The number of nitrogens with zero attached hydrogens (tertiary/aromatic N) is 3. The molecule has 3 aromatic carbocycles. The zero-order valence-corrected chi connectivity index (χ0v) is 14.3. The fourth-order valence-electron chi connectivity index (χ4n) is 3.17. The molecule has 3 nitrogen and oxygen atoms in total. The summed E-state index contributed by atoms with van der Waals surface area (Å²) >= 11 is 1.66. The van der Waals surface area contributed by atoms with Crippen LogP contribution in [0.5, 0.6) is 0 Å². The molecular formula is C21H15N3S. The first kappa shape index (κ1) is 14.5. The molecule has 1 aliphatic heterocycles. The van der Waals surface area contributed by atoms with Crippen LogP contribution in [-0.2, 0) is 6.42 Å². The molecule has 0 spiro atoms. The molecule has 0 N–H and O–H groups in total. The number of thioether (sulfide) groups is 1. The summed E-state index contributed by atoms with van der Waals surface area (Å²) in [6, 6.07) is 27.0. The number of hydrogen-bond donors (Lipinski definition) is 0. The molecule has 120 valence electrons. The molecule has 0 unspecified atom stereocenters. The molecule has 1 aliphatic rings. The Morgan fingerprint density at radius 3 is 2.44 bits per heavy atom. The summed E-state index contributed by atoms with van der Waals surface area (Å²) in [5.74, 6) is 0. The first-order chi connectivity index (χ1) is 12.4. The van der Waals surface area contributed by atoms with E-state index in [9.17, 15) is 0 Å². The molecule has 4 heteroatoms. The topological polar surface area (TPSA) is 30.2 Å². The fraction of sp³-hybridized carbons (Fsp3) is 0.0476. The van der Waals surface area contributed by atoms with Gasteiger partial charge >= 0.3 is 0 Å². The Kier molecular flexibility index (Phi) is 3.42. The van der Waals surface area contributed by atoms with Crippen molar-refractivity contribution in [3.63, 3.8) is 0 Å². The SMILES string of the molecule is c1ccc(-n2c(SC3=Nc4ccccc4C3)nc3ccccc32)cc1. The lowest BCUT2D eigenvalue weighted by molar-refractivity contribution is 0.923. The molecule has 0 atom stereocenters. The molecule has 0 aliphatic carbocycles. The van der Waals surface area contributed by atoms with Gasteiger partial charge in [0.05, 0.1) is 21.8 Å². The monoisotopic (exact) mass is 341 g/mol. The van der Waals surface area contributed by atoms with E-state index < -0.39 is 0 Å². The second-order valence-electron chi connectivity index (χ2n) is 5.97. The van der Waals surface area contributed by atoms with Crippen LogP contribution in [0.15, 0.2) is 89.0 Å². The van der Waals surface area contributed by atoms with Gasteiger partial charge in [-0.05, 0) is 47.7 Å². The van der Waals surface area contributed by atoms with Crippen LogP contribution in [0.25, 0.3) is 16.7 Å². The Balaban J connectivity index is 1.60. The minimum atomic E-state index is 0.874. The highest BCUT2D eigenvalue weighted by molar-refractivity contribution is 8.13. The number of hydrogen-bond acceptors (Lipinski definition) is 3. The van der Waals surface area contributed by atoms with Gasteiger partial charge in [-0.1, -0.05) is 48.5 Å². The zero-order valence-electron chi connectivity index (χ0n) is 13.5. The van der Waals surface area contributed by atoms with Crippen molar-refractivity contribution in [1.29, 1.82) is 0 Å². The highest BCUT2D eigenvalue weighted by atomic mass is 32.2. The quantitative estimate of drug-likeness (QED) is 0.488. The van der Waals surface area contributed by atoms with E-state index in [-0.39, 0.29) is 0 Å². The van der Waals surface area contributed by atoms with Crippen LogP contribution in [0.2, 0.25) is 0 Å². The lowest BCUT2D eigenvalue weighted by atomic mass is 10.2. The number of imidazole rings is 1. The maximum atomic E-state index is 4.86. The van der Waals surface area contributed by atoms with E-state index in [2.05, 4.69) is 65.2 Å². The summed E-state index contributed by atoms with van der Waals surface area (Å²) in [5.41, 5.74) is 5.60. The van der Waals surface area contributed by atoms with Crippen molar-refractivity contribution >= 4 is 33.5 Å². The van der Waals surface area contributed by atoms with E-state index in [0.717, 1.165) is 39.0 Å². The van der Waals surface area contributed by atoms with Crippen molar-refractivity contribution in [3.8, 4) is 5.69 Å². The van der Waals surface area contributed by atoms with E-state index in [0.29, 0.717) is 0 Å². The smallest absolute Gasteiger partial charge is 0.179 e. The van der Waals surface area contributed by atoms with Crippen LogP contribution >= 0.6 is 11.8 Å². The largest absolute Gasteiger partial charge is 0.287 e. The van der Waals surface area contributed by atoms with Gasteiger partial charge in [-0.2, -0.15) is 0 Å². The lowest BCUT2D eigenvalue weighted by Crippen LogP contribution is -1.99. The van der Waals surface area contributed by atoms with Crippen molar-refractivity contribution in [3.05, 3.63) is 84.4 Å². The van der Waals surface area contributed by atoms with Crippen LogP contribution in [0.3, 0.4) is 0 Å². The molecule has 0 amide bonds. The molecular weight excluding hydrogens is 326 g/mol. The standard InChI is InChI=1S/C21H15N3S/c1-2-9-16(10-3-1)24-19-13-7-6-12-18(19)23-21(24)25-20-14-15-8-4-5-11-17(15)22-20/h1-13H,14H2. The van der Waals surface area contributed by atoms with E-state index in [4.69, 9.17) is 9.98 Å². The predicted molar refractivity (Wildman–Crippen MR) is 104 cm³/mol. The molecule has 25 heavy (non-hydrogen) atoms. The van der Waals surface area contributed by atoms with Gasteiger partial charge < -0.3 is 0 Å². The van der Waals surface area contributed by atoms with E-state index in [1.807, 2.05) is 18.2 Å². The average molecular weight is 341 g/mol. The van der Waals surface area contributed by atoms with Crippen molar-refractivity contribution < 1.29 is 0 Å². The molecule has 2 heterocycles. The summed E-state index contributed by atoms with van der Waals surface area (Å²) in [5, 5.41) is 2.05. The Bertz CT molecular complexity index is 1100. The Morgan fingerprint density at radius 2 is 1.56 bits per heavy atom. The van der Waals surface area contributed by atoms with Gasteiger partial charge in [0.25, 0.3) is 0 Å². The molecule has 4 aromatic rings. The third-order valence-electron chi connectivity index (χ3n) is 4.33. The first-order valence-corrected chi connectivity index (χ1v) is 9.06. The molecule has 0 saturated carbocycles. The Morgan fingerprint density at radius 1 is 0.800 bits per heavy atom. The molecule has 1 aromatic heterocycles. The van der Waals surface area contributed by atoms with E-state index in [1.54, 1.807) is 11.8 Å². The van der Waals surface area contributed by atoms with Crippen molar-refractivity contribution in [2.75, 3.05) is 0 Å². The third kappa shape index (κ3) is 2.55. The Labute approximate surface area is 150 Å².